The van der Waals surface area contributed by atoms with E-state index in [2.05, 4.69) is 31.8 Å². The Balaban J connectivity index is 1.59. The lowest BCUT2D eigenvalue weighted by molar-refractivity contribution is 0.475. The first kappa shape index (κ1) is 24.2. The number of rotatable bonds is 6. The molecule has 7 rings (SSSR count). The number of para-hydroxylation sites is 2. The number of nitriles is 1. The highest BCUT2D eigenvalue weighted by Crippen LogP contribution is 2.42. The van der Waals surface area contributed by atoms with Crippen LogP contribution in [0.15, 0.2) is 128 Å². The fraction of sp³-hybridized carbons (Fsp3) is 0.159. The van der Waals surface area contributed by atoms with Crippen LogP contribution < -0.4 is 0 Å². The van der Waals surface area contributed by atoms with E-state index >= 15 is 0 Å². The fourth-order valence-corrected chi connectivity index (χ4v) is 6.20. The molecule has 2 aromatic heterocycles. The van der Waals surface area contributed by atoms with Gasteiger partial charge >= 0.3 is 0 Å². The second-order valence-corrected chi connectivity index (χ2v) is 13.0. The van der Waals surface area contributed by atoms with Crippen LogP contribution in [0.5, 0.6) is 5.75 Å². The molecule has 0 spiro atoms. The molecule has 0 bridgehead atoms. The molecule has 5 aromatic carbocycles. The zero-order valence-corrected chi connectivity index (χ0v) is 27.4. The Morgan fingerprint density at radius 2 is 1.53 bits per heavy atom. The van der Waals surface area contributed by atoms with Crippen LogP contribution in [0.2, 0.25) is 0 Å². The Kier molecular flexibility index (Phi) is 6.20. The summed E-state index contributed by atoms with van der Waals surface area (Å²) in [6.07, 6.45) is 1.44. The van der Waals surface area contributed by atoms with Gasteiger partial charge in [-0.1, -0.05) is 107 Å². The van der Waals surface area contributed by atoms with Gasteiger partial charge in [-0.05, 0) is 82.1 Å². The molecule has 2 heterocycles. The van der Waals surface area contributed by atoms with Crippen molar-refractivity contribution in [3.05, 3.63) is 144 Å². The van der Waals surface area contributed by atoms with E-state index in [0.717, 1.165) is 22.4 Å². The number of imidazole rings is 1. The lowest BCUT2D eigenvalue weighted by Gasteiger charge is -2.21. The largest absolute Gasteiger partial charge is 0.507 e. The molecule has 0 aliphatic rings. The molecule has 0 saturated carbocycles. The van der Waals surface area contributed by atoms with E-state index in [0.29, 0.717) is 50.4 Å². The summed E-state index contributed by atoms with van der Waals surface area (Å²) in [5, 5.41) is 21.2. The number of aromatic nitrogens is 3. The van der Waals surface area contributed by atoms with E-state index in [1.807, 2.05) is 83.4 Å². The molecule has 0 aliphatic carbocycles. The van der Waals surface area contributed by atoms with Crippen LogP contribution in [0.1, 0.15) is 66.7 Å². The number of pyridine rings is 1. The molecule has 5 heteroatoms. The van der Waals surface area contributed by atoms with E-state index in [1.165, 1.54) is 30.5 Å². The van der Waals surface area contributed by atoms with Gasteiger partial charge in [-0.15, -0.1) is 0 Å². The molecule has 0 amide bonds. The molecule has 0 fully saturated rings. The van der Waals surface area contributed by atoms with Gasteiger partial charge in [0.2, 0.25) is 0 Å². The van der Waals surface area contributed by atoms with E-state index in [4.69, 9.17) is 14.6 Å². The monoisotopic (exact) mass is 645 g/mol. The first-order valence-electron chi connectivity index (χ1n) is 19.4. The molecular formula is C44H38N4O. The van der Waals surface area contributed by atoms with E-state index in [-0.39, 0.29) is 16.7 Å². The van der Waals surface area contributed by atoms with Crippen LogP contribution in [0.25, 0.3) is 61.6 Å². The topological polar surface area (TPSA) is 74.7 Å². The van der Waals surface area contributed by atoms with Crippen LogP contribution in [-0.4, -0.2) is 19.6 Å². The number of phenols is 1. The third-order valence-electron chi connectivity index (χ3n) is 8.74. The maximum absolute atomic E-state index is 11.5. The Labute approximate surface area is 297 Å². The molecule has 0 unspecified atom stereocenters. The summed E-state index contributed by atoms with van der Waals surface area (Å²) in [4.78, 5) is 9.68. The molecule has 49 heavy (non-hydrogen) atoms. The maximum Gasteiger partial charge on any atom is 0.149 e. The summed E-state index contributed by atoms with van der Waals surface area (Å²) in [6, 6.07) is 38.5. The quantitative estimate of drug-likeness (QED) is 0.195. The van der Waals surface area contributed by atoms with Crippen LogP contribution >= 0.6 is 0 Å². The molecule has 0 aliphatic heterocycles. The fourth-order valence-electron chi connectivity index (χ4n) is 6.20. The van der Waals surface area contributed by atoms with E-state index < -0.39 is 19.6 Å². The van der Waals surface area contributed by atoms with E-state index in [9.17, 15) is 10.4 Å². The number of fused-ring (bicyclic) bond motifs is 1. The Morgan fingerprint density at radius 1 is 0.776 bits per heavy atom. The molecular weight excluding hydrogens is 601 g/mol. The van der Waals surface area contributed by atoms with Crippen molar-refractivity contribution in [3.8, 4) is 62.4 Å². The highest BCUT2D eigenvalue weighted by molar-refractivity contribution is 5.97. The maximum atomic E-state index is 11.5. The highest BCUT2D eigenvalue weighted by atomic mass is 16.3. The molecule has 0 atom stereocenters. The minimum absolute atomic E-state index is 0.0235. The molecule has 7 aromatic rings. The Morgan fingerprint density at radius 3 is 2.31 bits per heavy atom. The van der Waals surface area contributed by atoms with Crippen molar-refractivity contribution in [3.63, 3.8) is 0 Å². The van der Waals surface area contributed by atoms with E-state index in [1.54, 1.807) is 18.2 Å². The third kappa shape index (κ3) is 5.98. The van der Waals surface area contributed by atoms with Crippen molar-refractivity contribution in [1.29, 1.82) is 5.26 Å². The zero-order chi connectivity index (χ0) is 40.2. The van der Waals surface area contributed by atoms with Gasteiger partial charge in [-0.3, -0.25) is 9.55 Å². The molecule has 1 N–H and O–H groups in total. The Bertz CT molecular complexity index is 2640. The number of aromatic hydroxyl groups is 1. The smallest absolute Gasteiger partial charge is 0.149 e. The van der Waals surface area contributed by atoms with Crippen molar-refractivity contribution in [2.75, 3.05) is 0 Å². The van der Waals surface area contributed by atoms with Crippen LogP contribution in [0.3, 0.4) is 0 Å². The summed E-state index contributed by atoms with van der Waals surface area (Å²) >= 11 is 0. The molecule has 0 saturated heterocycles. The number of benzene rings is 5. The van der Waals surface area contributed by atoms with Gasteiger partial charge in [0.05, 0.1) is 39.6 Å². The summed E-state index contributed by atoms with van der Waals surface area (Å²) in [6.45, 7) is -0.246. The van der Waals surface area contributed by atoms with Gasteiger partial charge in [-0.2, -0.15) is 5.26 Å². The number of hydrogen-bond acceptors (Lipinski definition) is 4. The van der Waals surface area contributed by atoms with Crippen molar-refractivity contribution < 1.29 is 14.7 Å². The zero-order valence-electron chi connectivity index (χ0n) is 34.4. The molecule has 0 radical (unpaired) electrons. The van der Waals surface area contributed by atoms with Crippen molar-refractivity contribution in [2.24, 2.45) is 0 Å². The lowest BCUT2D eigenvalue weighted by Crippen LogP contribution is -2.11. The van der Waals surface area contributed by atoms with Crippen molar-refractivity contribution in [2.45, 2.75) is 45.8 Å². The predicted molar refractivity (Wildman–Crippen MR) is 200 cm³/mol. The van der Waals surface area contributed by atoms with Crippen molar-refractivity contribution in [1.82, 2.24) is 14.5 Å². The van der Waals surface area contributed by atoms with Gasteiger partial charge < -0.3 is 5.11 Å². The third-order valence-corrected chi connectivity index (χ3v) is 8.74. The van der Waals surface area contributed by atoms with Gasteiger partial charge in [0, 0.05) is 32.5 Å². The second-order valence-electron chi connectivity index (χ2n) is 13.0. The minimum atomic E-state index is -3.26. The standard InChI is InChI=1S/C44H38N4O/c1-28(2)31-23-32(25-33(24-31)38-22-29(27-45)20-21-46-38)36-15-11-17-40-42(36)47-43(37-26-34(44(3,4)5)18-19-41(37)49)48(40)39-16-10-9-14-35(39)30-12-7-6-8-13-30/h6-26,28,49H,1-5H3/i1D3,2D3,28D. The summed E-state index contributed by atoms with van der Waals surface area (Å²) in [5.41, 5.74) is 6.56. The average Bonchev–Trinajstić information content (AvgIpc) is 3.56. The highest BCUT2D eigenvalue weighted by Gasteiger charge is 2.24. The predicted octanol–water partition coefficient (Wildman–Crippen LogP) is 11.1. The number of phenolic OH excluding ortho intramolecular Hbond substituents is 1. The van der Waals surface area contributed by atoms with Gasteiger partial charge in [0.25, 0.3) is 0 Å². The molecule has 5 nitrogen and oxygen atoms in total. The lowest BCUT2D eigenvalue weighted by atomic mass is 9.86. The normalized spacial score (nSPS) is 14.4. The average molecular weight is 646 g/mol. The van der Waals surface area contributed by atoms with Crippen LogP contribution in [0.4, 0.5) is 0 Å². The SMILES string of the molecule is [2H]C([2H])([2H])C([2H])(c1cc(-c2cc(C#N)ccn2)cc(-c2cccc3c2nc(-c2cc(C(C)(C)C)ccc2O)n3-c2ccccc2-c2ccccc2)c1)C([2H])([2H])[2H]. The summed E-state index contributed by atoms with van der Waals surface area (Å²) < 4.78 is 61.0. The summed E-state index contributed by atoms with van der Waals surface area (Å²) in [5.74, 6) is -2.56. The van der Waals surface area contributed by atoms with Crippen LogP contribution in [-0.2, 0) is 5.41 Å². The first-order valence-corrected chi connectivity index (χ1v) is 15.9. The van der Waals surface area contributed by atoms with Crippen LogP contribution in [0, 0.1) is 11.3 Å². The van der Waals surface area contributed by atoms with Gasteiger partial charge in [-0.25, -0.2) is 4.98 Å². The van der Waals surface area contributed by atoms with Crippen molar-refractivity contribution >= 4 is 11.0 Å². The second kappa shape index (κ2) is 12.6. The summed E-state index contributed by atoms with van der Waals surface area (Å²) in [7, 11) is 0. The minimum Gasteiger partial charge on any atom is -0.507 e. The first-order chi connectivity index (χ1) is 26.4. The number of nitrogens with zero attached hydrogens (tertiary/aromatic N) is 4. The van der Waals surface area contributed by atoms with Gasteiger partial charge in [0.1, 0.15) is 11.6 Å². The molecule has 240 valence electrons. The van der Waals surface area contributed by atoms with Gasteiger partial charge in [0.15, 0.2) is 0 Å². The number of hydrogen-bond donors (Lipinski definition) is 1. The Hall–Kier alpha value is -5.99.